The lowest BCUT2D eigenvalue weighted by Crippen LogP contribution is -2.35. The lowest BCUT2D eigenvalue weighted by atomic mass is 10.1. The van der Waals surface area contributed by atoms with E-state index in [4.69, 9.17) is 20.8 Å². The van der Waals surface area contributed by atoms with E-state index in [0.29, 0.717) is 29.4 Å². The summed E-state index contributed by atoms with van der Waals surface area (Å²) in [4.78, 5) is 27.6. The number of carbonyl (C=O) groups is 2. The van der Waals surface area contributed by atoms with Gasteiger partial charge in [-0.25, -0.2) is 4.39 Å². The number of hydrogen-bond donors (Lipinski definition) is 1. The highest BCUT2D eigenvalue weighted by Gasteiger charge is 2.28. The third-order valence-corrected chi connectivity index (χ3v) is 6.83. The Morgan fingerprint density at radius 2 is 2.15 bits per heavy atom. The van der Waals surface area contributed by atoms with Crippen LogP contribution >= 0.6 is 23.4 Å². The maximum absolute atomic E-state index is 14.7. The predicted molar refractivity (Wildman–Crippen MR) is 130 cm³/mol. The van der Waals surface area contributed by atoms with Crippen LogP contribution in [0, 0.1) is 5.82 Å². The molecule has 1 aliphatic rings. The average Bonchev–Trinajstić information content (AvgIpc) is 3.36. The Morgan fingerprint density at radius 3 is 2.91 bits per heavy atom. The van der Waals surface area contributed by atoms with Crippen molar-refractivity contribution in [1.82, 2.24) is 5.32 Å². The van der Waals surface area contributed by atoms with Crippen LogP contribution in [0.25, 0.3) is 0 Å². The lowest BCUT2D eigenvalue weighted by Gasteiger charge is -2.30. The van der Waals surface area contributed by atoms with Crippen LogP contribution in [-0.2, 0) is 17.9 Å². The number of amides is 2. The van der Waals surface area contributed by atoms with Crippen LogP contribution in [0.4, 0.5) is 10.1 Å². The standard InChI is InChI=1S/C25H24ClFN2O4S/c1-2-3-10-33-21-9-7-19(27)18(24(21)26)14-29-20-8-6-16(12-22(20)34-15-23(29)30)25(31)28-13-17-5-4-11-32-17/h4-9,11-12H,2-3,10,13-15H2,1H3,(H,28,31). The Kier molecular flexibility index (Phi) is 7.80. The first-order valence-corrected chi connectivity index (χ1v) is 12.3. The lowest BCUT2D eigenvalue weighted by molar-refractivity contribution is -0.116. The van der Waals surface area contributed by atoms with Crippen LogP contribution in [-0.4, -0.2) is 24.2 Å². The Labute approximate surface area is 206 Å². The van der Waals surface area contributed by atoms with Crippen molar-refractivity contribution in [1.29, 1.82) is 0 Å². The molecule has 0 fully saturated rings. The van der Waals surface area contributed by atoms with Crippen molar-refractivity contribution >= 4 is 40.9 Å². The smallest absolute Gasteiger partial charge is 0.251 e. The molecule has 4 rings (SSSR count). The predicted octanol–water partition coefficient (Wildman–Crippen LogP) is 5.82. The number of anilines is 1. The van der Waals surface area contributed by atoms with Crippen LogP contribution < -0.4 is 15.0 Å². The zero-order valence-corrected chi connectivity index (χ0v) is 20.2. The molecule has 34 heavy (non-hydrogen) atoms. The topological polar surface area (TPSA) is 71.8 Å². The quantitative estimate of drug-likeness (QED) is 0.373. The molecule has 0 unspecified atom stereocenters. The fourth-order valence-corrected chi connectivity index (χ4v) is 4.76. The molecule has 0 radical (unpaired) electrons. The molecule has 3 aromatic rings. The van der Waals surface area contributed by atoms with E-state index >= 15 is 0 Å². The fourth-order valence-electron chi connectivity index (χ4n) is 3.52. The number of hydrogen-bond acceptors (Lipinski definition) is 5. The molecule has 0 bridgehead atoms. The third kappa shape index (κ3) is 5.39. The van der Waals surface area contributed by atoms with Gasteiger partial charge in [0.05, 0.1) is 42.4 Å². The summed E-state index contributed by atoms with van der Waals surface area (Å²) in [5, 5.41) is 2.97. The molecule has 1 aromatic heterocycles. The molecule has 2 heterocycles. The number of ether oxygens (including phenoxy) is 1. The molecular weight excluding hydrogens is 479 g/mol. The Morgan fingerprint density at radius 1 is 1.29 bits per heavy atom. The molecule has 2 aromatic carbocycles. The van der Waals surface area contributed by atoms with E-state index < -0.39 is 5.82 Å². The number of furan rings is 1. The summed E-state index contributed by atoms with van der Waals surface area (Å²) in [6, 6.07) is 11.4. The number of nitrogens with zero attached hydrogens (tertiary/aromatic N) is 1. The molecule has 9 heteroatoms. The van der Waals surface area contributed by atoms with Crippen LogP contribution in [0.15, 0.2) is 58.0 Å². The summed E-state index contributed by atoms with van der Waals surface area (Å²) in [6.07, 6.45) is 3.37. The summed E-state index contributed by atoms with van der Waals surface area (Å²) < 4.78 is 25.6. The number of halogens is 2. The second-order valence-electron chi connectivity index (χ2n) is 7.75. The Bertz CT molecular complexity index is 1190. The molecule has 6 nitrogen and oxygen atoms in total. The first kappa shape index (κ1) is 24.2. The SMILES string of the molecule is CCCCOc1ccc(F)c(CN2C(=O)CSc3cc(C(=O)NCc4ccco4)ccc32)c1Cl. The summed E-state index contributed by atoms with van der Waals surface area (Å²) in [7, 11) is 0. The van der Waals surface area contributed by atoms with Gasteiger partial charge in [-0.1, -0.05) is 24.9 Å². The van der Waals surface area contributed by atoms with E-state index in [0.717, 1.165) is 17.7 Å². The third-order valence-electron chi connectivity index (χ3n) is 5.39. The van der Waals surface area contributed by atoms with Gasteiger partial charge in [-0.2, -0.15) is 0 Å². The van der Waals surface area contributed by atoms with Gasteiger partial charge in [0.25, 0.3) is 5.91 Å². The minimum atomic E-state index is -0.505. The summed E-state index contributed by atoms with van der Waals surface area (Å²) in [5.74, 6) is 0.298. The van der Waals surface area contributed by atoms with Crippen molar-refractivity contribution < 1.29 is 23.1 Å². The fraction of sp³-hybridized carbons (Fsp3) is 0.280. The normalized spacial score (nSPS) is 13.0. The van der Waals surface area contributed by atoms with Gasteiger partial charge in [0.15, 0.2) is 0 Å². The number of thioether (sulfide) groups is 1. The molecule has 0 saturated heterocycles. The number of unbranched alkanes of at least 4 members (excludes halogenated alkanes) is 1. The van der Waals surface area contributed by atoms with Crippen molar-refractivity contribution in [2.45, 2.75) is 37.8 Å². The first-order chi connectivity index (χ1) is 16.5. The van der Waals surface area contributed by atoms with Crippen molar-refractivity contribution in [2.75, 3.05) is 17.3 Å². The summed E-state index contributed by atoms with van der Waals surface area (Å²) >= 11 is 7.80. The largest absolute Gasteiger partial charge is 0.492 e. The van der Waals surface area contributed by atoms with Crippen LogP contribution in [0.3, 0.4) is 0 Å². The van der Waals surface area contributed by atoms with Crippen molar-refractivity contribution in [3.63, 3.8) is 0 Å². The average molecular weight is 503 g/mol. The highest BCUT2D eigenvalue weighted by Crippen LogP contribution is 2.39. The number of fused-ring (bicyclic) bond motifs is 1. The van der Waals surface area contributed by atoms with Gasteiger partial charge in [-0.3, -0.25) is 9.59 Å². The highest BCUT2D eigenvalue weighted by atomic mass is 35.5. The molecule has 2 amide bonds. The van der Waals surface area contributed by atoms with E-state index in [1.807, 2.05) is 6.92 Å². The Balaban J connectivity index is 1.54. The molecule has 178 valence electrons. The van der Waals surface area contributed by atoms with E-state index in [1.165, 1.54) is 28.8 Å². The van der Waals surface area contributed by atoms with Gasteiger partial charge in [-0.05, 0) is 48.9 Å². The second-order valence-corrected chi connectivity index (χ2v) is 9.15. The van der Waals surface area contributed by atoms with Gasteiger partial charge >= 0.3 is 0 Å². The highest BCUT2D eigenvalue weighted by molar-refractivity contribution is 8.00. The minimum absolute atomic E-state index is 0.0356. The van der Waals surface area contributed by atoms with Crippen molar-refractivity contribution in [3.05, 3.63) is 76.5 Å². The van der Waals surface area contributed by atoms with Gasteiger partial charge in [0, 0.05) is 16.0 Å². The number of rotatable bonds is 9. The second kappa shape index (κ2) is 11.0. The van der Waals surface area contributed by atoms with E-state index in [-0.39, 0.29) is 41.2 Å². The maximum Gasteiger partial charge on any atom is 0.251 e. The van der Waals surface area contributed by atoms with E-state index in [1.54, 1.807) is 36.6 Å². The molecule has 0 spiro atoms. The monoisotopic (exact) mass is 502 g/mol. The number of carbonyl (C=O) groups excluding carboxylic acids is 2. The Hall–Kier alpha value is -2.97. The zero-order valence-electron chi connectivity index (χ0n) is 18.6. The van der Waals surface area contributed by atoms with Crippen LogP contribution in [0.5, 0.6) is 5.75 Å². The van der Waals surface area contributed by atoms with E-state index in [2.05, 4.69) is 5.32 Å². The van der Waals surface area contributed by atoms with Gasteiger partial charge in [0.2, 0.25) is 5.91 Å². The molecule has 1 aliphatic heterocycles. The number of nitrogens with one attached hydrogen (secondary N) is 1. The van der Waals surface area contributed by atoms with E-state index in [9.17, 15) is 14.0 Å². The molecule has 0 atom stereocenters. The molecular formula is C25H24ClFN2O4S. The molecule has 0 saturated carbocycles. The van der Waals surface area contributed by atoms with Gasteiger partial charge in [0.1, 0.15) is 17.3 Å². The summed E-state index contributed by atoms with van der Waals surface area (Å²) in [5.41, 5.74) is 1.27. The van der Waals surface area contributed by atoms with Gasteiger partial charge < -0.3 is 19.4 Å². The zero-order chi connectivity index (χ0) is 24.1. The van der Waals surface area contributed by atoms with Gasteiger partial charge in [-0.15, -0.1) is 11.8 Å². The molecule has 0 aliphatic carbocycles. The van der Waals surface area contributed by atoms with Crippen LogP contribution in [0.1, 0.15) is 41.4 Å². The van der Waals surface area contributed by atoms with Crippen molar-refractivity contribution in [2.24, 2.45) is 0 Å². The maximum atomic E-state index is 14.7. The minimum Gasteiger partial charge on any atom is -0.492 e. The summed E-state index contributed by atoms with van der Waals surface area (Å²) in [6.45, 7) is 2.77. The van der Waals surface area contributed by atoms with Crippen molar-refractivity contribution in [3.8, 4) is 5.75 Å². The number of benzene rings is 2. The first-order valence-electron chi connectivity index (χ1n) is 11.0. The van der Waals surface area contributed by atoms with Crippen LogP contribution in [0.2, 0.25) is 5.02 Å². The molecule has 1 N–H and O–H groups in total.